The zero-order valence-electron chi connectivity index (χ0n) is 16.9. The molecule has 10 heteroatoms. The van der Waals surface area contributed by atoms with Crippen molar-refractivity contribution in [2.75, 3.05) is 30.1 Å². The van der Waals surface area contributed by atoms with E-state index in [1.54, 1.807) is 0 Å². The number of carbonyl (C=O) groups excluding carboxylic acids is 1. The lowest BCUT2D eigenvalue weighted by atomic mass is 10.2. The normalized spacial score (nSPS) is 10.6. The van der Waals surface area contributed by atoms with Gasteiger partial charge in [0.2, 0.25) is 5.91 Å². The molecule has 0 unspecified atom stereocenters. The highest BCUT2D eigenvalue weighted by Gasteiger charge is 2.15. The average Bonchev–Trinajstić information content (AvgIpc) is 3.15. The number of anilines is 2. The molecule has 0 aliphatic carbocycles. The van der Waals surface area contributed by atoms with Gasteiger partial charge in [0.05, 0.1) is 10.7 Å². The number of carbonyl (C=O) groups is 1. The molecule has 1 heterocycles. The molecule has 2 aromatic carbocycles. The van der Waals surface area contributed by atoms with Crippen LogP contribution in [-0.2, 0) is 11.3 Å². The van der Waals surface area contributed by atoms with Crippen LogP contribution in [0.3, 0.4) is 0 Å². The fraction of sp³-hybridized carbons (Fsp3) is 0.250. The van der Waals surface area contributed by atoms with Crippen molar-refractivity contribution >= 4 is 34.7 Å². The molecule has 1 amide bonds. The Hall–Kier alpha value is -3.40. The van der Waals surface area contributed by atoms with Gasteiger partial charge >= 0.3 is 0 Å². The zero-order valence-corrected chi connectivity index (χ0v) is 17.7. The smallest absolute Gasteiger partial charge is 0.269 e. The van der Waals surface area contributed by atoms with E-state index in [4.69, 9.17) is 0 Å². The lowest BCUT2D eigenvalue weighted by Gasteiger charge is -2.14. The molecule has 156 valence electrons. The summed E-state index contributed by atoms with van der Waals surface area (Å²) in [5, 5.41) is 22.7. The van der Waals surface area contributed by atoms with Gasteiger partial charge in [0.25, 0.3) is 5.69 Å². The van der Waals surface area contributed by atoms with Crippen molar-refractivity contribution in [3.63, 3.8) is 0 Å². The molecule has 0 saturated carbocycles. The number of hydrogen-bond donors (Lipinski definition) is 1. The predicted octanol–water partition coefficient (Wildman–Crippen LogP) is 3.67. The van der Waals surface area contributed by atoms with Gasteiger partial charge < -0.3 is 14.8 Å². The van der Waals surface area contributed by atoms with Crippen LogP contribution in [-0.4, -0.2) is 45.4 Å². The van der Waals surface area contributed by atoms with Gasteiger partial charge in [-0.25, -0.2) is 0 Å². The third-order valence-electron chi connectivity index (χ3n) is 4.35. The third kappa shape index (κ3) is 4.95. The second kappa shape index (κ2) is 9.40. The van der Waals surface area contributed by atoms with Gasteiger partial charge in [-0.3, -0.25) is 14.9 Å². The predicted molar refractivity (Wildman–Crippen MR) is 118 cm³/mol. The molecule has 1 N–H and O–H groups in total. The Morgan fingerprint density at radius 2 is 1.93 bits per heavy atom. The summed E-state index contributed by atoms with van der Waals surface area (Å²) in [4.78, 5) is 24.5. The van der Waals surface area contributed by atoms with Gasteiger partial charge in [-0.05, 0) is 31.2 Å². The van der Waals surface area contributed by atoms with E-state index in [1.165, 1.54) is 36.0 Å². The molecule has 0 radical (unpaired) electrons. The highest BCUT2D eigenvalue weighted by Crippen LogP contribution is 2.26. The number of aromatic nitrogens is 3. The quantitative estimate of drug-likeness (QED) is 0.333. The Balaban J connectivity index is 1.68. The second-order valence-corrected chi connectivity index (χ2v) is 7.58. The van der Waals surface area contributed by atoms with E-state index >= 15 is 0 Å². The first-order chi connectivity index (χ1) is 14.4. The van der Waals surface area contributed by atoms with Crippen molar-refractivity contribution in [1.29, 1.82) is 0 Å². The monoisotopic (exact) mass is 426 g/mol. The van der Waals surface area contributed by atoms with Gasteiger partial charge in [-0.1, -0.05) is 23.9 Å². The molecule has 9 nitrogen and oxygen atoms in total. The fourth-order valence-corrected chi connectivity index (χ4v) is 3.61. The van der Waals surface area contributed by atoms with E-state index in [-0.39, 0.29) is 17.3 Å². The van der Waals surface area contributed by atoms with Crippen LogP contribution >= 0.6 is 11.8 Å². The van der Waals surface area contributed by atoms with Crippen molar-refractivity contribution in [2.45, 2.75) is 18.6 Å². The molecule has 0 saturated heterocycles. The minimum atomic E-state index is -0.481. The summed E-state index contributed by atoms with van der Waals surface area (Å²) in [7, 11) is 3.96. The molecular formula is C20H22N6O3S. The van der Waals surface area contributed by atoms with Gasteiger partial charge in [0.1, 0.15) is 0 Å². The Bertz CT molecular complexity index is 1050. The summed E-state index contributed by atoms with van der Waals surface area (Å²) in [6, 6.07) is 13.7. The summed E-state index contributed by atoms with van der Waals surface area (Å²) < 4.78 is 1.97. The number of non-ortho nitro benzene ring substituents is 1. The minimum absolute atomic E-state index is 0.0238. The molecule has 0 atom stereocenters. The van der Waals surface area contributed by atoms with E-state index < -0.39 is 4.92 Å². The van der Waals surface area contributed by atoms with Gasteiger partial charge in [0, 0.05) is 49.7 Å². The lowest BCUT2D eigenvalue weighted by Crippen LogP contribution is -2.14. The summed E-state index contributed by atoms with van der Waals surface area (Å²) in [6.07, 6.45) is 0. The molecular weight excluding hydrogens is 404 g/mol. The minimum Gasteiger partial charge on any atom is -0.378 e. The number of nitrogens with one attached hydrogen (secondary N) is 1. The topological polar surface area (TPSA) is 106 Å². The molecule has 30 heavy (non-hydrogen) atoms. The van der Waals surface area contributed by atoms with Crippen LogP contribution in [0.1, 0.15) is 6.92 Å². The van der Waals surface area contributed by atoms with Crippen molar-refractivity contribution in [3.8, 4) is 11.4 Å². The van der Waals surface area contributed by atoms with Gasteiger partial charge in [-0.2, -0.15) is 0 Å². The molecule has 1 aromatic heterocycles. The molecule has 0 spiro atoms. The number of nitro groups is 1. The van der Waals surface area contributed by atoms with Crippen molar-refractivity contribution in [3.05, 3.63) is 58.6 Å². The molecule has 0 bridgehead atoms. The molecule has 3 aromatic rings. The summed E-state index contributed by atoms with van der Waals surface area (Å²) in [6.45, 7) is 2.67. The standard InChI is InChI=1S/C20H22N6O3S/c1-4-25-19(14-6-5-7-17(12-14)24(2)3)22-23-20(25)30-13-18(27)21-15-8-10-16(11-9-15)26(28)29/h5-12H,4,13H2,1-3H3,(H,21,27). The van der Waals surface area contributed by atoms with Crippen LogP contribution in [0, 0.1) is 10.1 Å². The third-order valence-corrected chi connectivity index (χ3v) is 5.31. The first kappa shape index (κ1) is 21.3. The largest absolute Gasteiger partial charge is 0.378 e. The van der Waals surface area contributed by atoms with Crippen molar-refractivity contribution in [2.24, 2.45) is 0 Å². The van der Waals surface area contributed by atoms with Crippen LogP contribution in [0.4, 0.5) is 17.1 Å². The molecule has 0 aliphatic heterocycles. The number of thioether (sulfide) groups is 1. The Labute approximate surface area is 178 Å². The van der Waals surface area contributed by atoms with Crippen LogP contribution in [0.15, 0.2) is 53.7 Å². The number of amides is 1. The fourth-order valence-electron chi connectivity index (χ4n) is 2.81. The first-order valence-corrected chi connectivity index (χ1v) is 10.3. The average molecular weight is 427 g/mol. The first-order valence-electron chi connectivity index (χ1n) is 9.27. The number of nitro benzene ring substituents is 1. The molecule has 0 aliphatic rings. The van der Waals surface area contributed by atoms with Crippen LogP contribution in [0.2, 0.25) is 0 Å². The van der Waals surface area contributed by atoms with Crippen LogP contribution in [0.25, 0.3) is 11.4 Å². The Morgan fingerprint density at radius 3 is 2.57 bits per heavy atom. The summed E-state index contributed by atoms with van der Waals surface area (Å²) in [5.41, 5.74) is 2.50. The summed E-state index contributed by atoms with van der Waals surface area (Å²) >= 11 is 1.29. The maximum Gasteiger partial charge on any atom is 0.269 e. The van der Waals surface area contributed by atoms with Crippen LogP contribution in [0.5, 0.6) is 0 Å². The van der Waals surface area contributed by atoms with E-state index in [9.17, 15) is 14.9 Å². The molecule has 0 fully saturated rings. The maximum absolute atomic E-state index is 12.3. The van der Waals surface area contributed by atoms with E-state index in [0.29, 0.717) is 17.4 Å². The van der Waals surface area contributed by atoms with Crippen LogP contribution < -0.4 is 10.2 Å². The number of rotatable bonds is 8. The number of benzene rings is 2. The SMILES string of the molecule is CCn1c(SCC(=O)Nc2ccc([N+](=O)[O-])cc2)nnc1-c1cccc(N(C)C)c1. The lowest BCUT2D eigenvalue weighted by molar-refractivity contribution is -0.384. The van der Waals surface area contributed by atoms with Crippen molar-refractivity contribution in [1.82, 2.24) is 14.8 Å². The number of hydrogen-bond acceptors (Lipinski definition) is 7. The second-order valence-electron chi connectivity index (χ2n) is 6.64. The number of nitrogens with zero attached hydrogens (tertiary/aromatic N) is 5. The van der Waals surface area contributed by atoms with Crippen molar-refractivity contribution < 1.29 is 9.72 Å². The van der Waals surface area contributed by atoms with E-state index in [0.717, 1.165) is 17.1 Å². The zero-order chi connectivity index (χ0) is 21.7. The molecule has 3 rings (SSSR count). The highest BCUT2D eigenvalue weighted by molar-refractivity contribution is 7.99. The van der Waals surface area contributed by atoms with Gasteiger partial charge in [-0.15, -0.1) is 10.2 Å². The van der Waals surface area contributed by atoms with E-state index in [1.807, 2.05) is 54.8 Å². The Kier molecular flexibility index (Phi) is 6.68. The maximum atomic E-state index is 12.3. The van der Waals surface area contributed by atoms with Gasteiger partial charge in [0.15, 0.2) is 11.0 Å². The Morgan fingerprint density at radius 1 is 1.20 bits per heavy atom. The summed E-state index contributed by atoms with van der Waals surface area (Å²) in [5.74, 6) is 0.669. The van der Waals surface area contributed by atoms with E-state index in [2.05, 4.69) is 15.5 Å². The highest BCUT2D eigenvalue weighted by atomic mass is 32.2.